The van der Waals surface area contributed by atoms with Gasteiger partial charge in [0.25, 0.3) is 5.56 Å². The lowest BCUT2D eigenvalue weighted by atomic mass is 10.1. The molecule has 168 valence electrons. The maximum Gasteiger partial charge on any atom is 0.260 e. The molecule has 2 aromatic heterocycles. The average molecular weight is 446 g/mol. The van der Waals surface area contributed by atoms with Crippen LogP contribution in [0.4, 0.5) is 0 Å². The van der Waals surface area contributed by atoms with E-state index >= 15 is 0 Å². The van der Waals surface area contributed by atoms with Crippen LogP contribution in [0.5, 0.6) is 5.75 Å². The van der Waals surface area contributed by atoms with Crippen molar-refractivity contribution in [3.63, 3.8) is 0 Å². The molecule has 0 amide bonds. The van der Waals surface area contributed by atoms with Gasteiger partial charge in [0.1, 0.15) is 16.4 Å². The first-order valence-corrected chi connectivity index (χ1v) is 11.3. The predicted octanol–water partition coefficient (Wildman–Crippen LogP) is 3.52. The Morgan fingerprint density at radius 1 is 1.29 bits per heavy atom. The second-order valence-electron chi connectivity index (χ2n) is 7.97. The molecule has 0 aliphatic heterocycles. The van der Waals surface area contributed by atoms with Crippen LogP contribution in [-0.2, 0) is 11.3 Å². The number of benzene rings is 1. The lowest BCUT2D eigenvalue weighted by molar-refractivity contribution is 0.0672. The molecular formula is C23H31N3O4S. The van der Waals surface area contributed by atoms with Crippen LogP contribution in [0.15, 0.2) is 34.4 Å². The SMILES string of the molecule is COCCCN(Cc1nc2scc(-c3cccc(OC)c3)c2c(=O)[nH]1)CC(O)C(C)C. The zero-order valence-corrected chi connectivity index (χ0v) is 19.4. The standard InChI is InChI=1S/C23H31N3O4S/c1-15(2)19(27)12-26(9-6-10-29-3)13-20-24-22(28)21-18(14-31-23(21)25-20)16-7-5-8-17(11-16)30-4/h5,7-8,11,14-15,19,27H,6,9-10,12-13H2,1-4H3,(H,24,25,28). The zero-order valence-electron chi connectivity index (χ0n) is 18.6. The number of aromatic amines is 1. The number of nitrogens with one attached hydrogen (secondary N) is 1. The fourth-order valence-corrected chi connectivity index (χ4v) is 4.39. The van der Waals surface area contributed by atoms with E-state index in [0.717, 1.165) is 29.8 Å². The average Bonchev–Trinajstić information content (AvgIpc) is 3.18. The fraction of sp³-hybridized carbons (Fsp3) is 0.478. The fourth-order valence-electron chi connectivity index (χ4n) is 3.43. The maximum absolute atomic E-state index is 13.0. The molecule has 2 N–H and O–H groups in total. The first kappa shape index (κ1) is 23.4. The summed E-state index contributed by atoms with van der Waals surface area (Å²) in [5.41, 5.74) is 1.62. The van der Waals surface area contributed by atoms with Crippen LogP contribution in [0, 0.1) is 5.92 Å². The van der Waals surface area contributed by atoms with E-state index in [0.29, 0.717) is 35.7 Å². The highest BCUT2D eigenvalue weighted by Gasteiger charge is 2.18. The summed E-state index contributed by atoms with van der Waals surface area (Å²) in [6, 6.07) is 7.66. The van der Waals surface area contributed by atoms with E-state index in [9.17, 15) is 9.90 Å². The van der Waals surface area contributed by atoms with Gasteiger partial charge in [-0.05, 0) is 30.0 Å². The minimum absolute atomic E-state index is 0.152. The number of hydrogen-bond donors (Lipinski definition) is 2. The molecule has 3 rings (SSSR count). The van der Waals surface area contributed by atoms with Crippen LogP contribution in [0.1, 0.15) is 26.1 Å². The Bertz CT molecular complexity index is 1050. The lowest BCUT2D eigenvalue weighted by Gasteiger charge is -2.26. The Labute approximate surface area is 186 Å². The smallest absolute Gasteiger partial charge is 0.260 e. The number of hydrogen-bond acceptors (Lipinski definition) is 7. The monoisotopic (exact) mass is 445 g/mol. The van der Waals surface area contributed by atoms with Gasteiger partial charge in [-0.15, -0.1) is 11.3 Å². The lowest BCUT2D eigenvalue weighted by Crippen LogP contribution is -2.36. The van der Waals surface area contributed by atoms with Crippen LogP contribution in [-0.4, -0.2) is 60.0 Å². The van der Waals surface area contributed by atoms with Crippen molar-refractivity contribution < 1.29 is 14.6 Å². The van der Waals surface area contributed by atoms with Crippen molar-refractivity contribution in [2.75, 3.05) is 33.9 Å². The maximum atomic E-state index is 13.0. The normalized spacial score (nSPS) is 12.7. The Hall–Kier alpha value is -2.26. The molecule has 2 heterocycles. The molecule has 1 aromatic carbocycles. The summed E-state index contributed by atoms with van der Waals surface area (Å²) in [6.45, 7) is 6.37. The number of methoxy groups -OCH3 is 2. The predicted molar refractivity (Wildman–Crippen MR) is 125 cm³/mol. The molecule has 0 saturated heterocycles. The van der Waals surface area contributed by atoms with E-state index in [4.69, 9.17) is 14.5 Å². The number of aliphatic hydroxyl groups is 1. The van der Waals surface area contributed by atoms with Crippen LogP contribution in [0.2, 0.25) is 0 Å². The summed E-state index contributed by atoms with van der Waals surface area (Å²) in [7, 11) is 3.30. The summed E-state index contributed by atoms with van der Waals surface area (Å²) in [5.74, 6) is 1.50. The van der Waals surface area contributed by atoms with Crippen LogP contribution >= 0.6 is 11.3 Å². The van der Waals surface area contributed by atoms with Gasteiger partial charge in [0.15, 0.2) is 0 Å². The first-order valence-electron chi connectivity index (χ1n) is 10.5. The molecule has 3 aromatic rings. The molecule has 0 aliphatic carbocycles. The molecule has 31 heavy (non-hydrogen) atoms. The van der Waals surface area contributed by atoms with Crippen molar-refractivity contribution in [1.82, 2.24) is 14.9 Å². The highest BCUT2D eigenvalue weighted by atomic mass is 32.1. The number of fused-ring (bicyclic) bond motifs is 1. The van der Waals surface area contributed by atoms with Crippen molar-refractivity contribution in [3.8, 4) is 16.9 Å². The quantitative estimate of drug-likeness (QED) is 0.439. The largest absolute Gasteiger partial charge is 0.497 e. The summed E-state index contributed by atoms with van der Waals surface area (Å²) in [5, 5.41) is 12.9. The topological polar surface area (TPSA) is 87.7 Å². The van der Waals surface area contributed by atoms with E-state index < -0.39 is 6.10 Å². The minimum atomic E-state index is -0.445. The number of aromatic nitrogens is 2. The molecule has 0 radical (unpaired) electrons. The molecular weight excluding hydrogens is 414 g/mol. The zero-order chi connectivity index (χ0) is 22.4. The Morgan fingerprint density at radius 3 is 2.81 bits per heavy atom. The van der Waals surface area contributed by atoms with Gasteiger partial charge < -0.3 is 19.6 Å². The minimum Gasteiger partial charge on any atom is -0.497 e. The summed E-state index contributed by atoms with van der Waals surface area (Å²) < 4.78 is 10.5. The van der Waals surface area contributed by atoms with E-state index in [1.807, 2.05) is 43.5 Å². The van der Waals surface area contributed by atoms with Gasteiger partial charge in [-0.25, -0.2) is 4.98 Å². The van der Waals surface area contributed by atoms with Gasteiger partial charge in [0.2, 0.25) is 0 Å². The molecule has 0 fully saturated rings. The Kier molecular flexibility index (Phi) is 8.20. The van der Waals surface area contributed by atoms with Crippen molar-refractivity contribution in [2.45, 2.75) is 32.9 Å². The van der Waals surface area contributed by atoms with E-state index in [1.165, 1.54) is 11.3 Å². The summed E-state index contributed by atoms with van der Waals surface area (Å²) >= 11 is 1.46. The third-order valence-electron chi connectivity index (χ3n) is 5.28. The highest BCUT2D eigenvalue weighted by molar-refractivity contribution is 7.17. The molecule has 7 nitrogen and oxygen atoms in total. The highest BCUT2D eigenvalue weighted by Crippen LogP contribution is 2.32. The van der Waals surface area contributed by atoms with Crippen molar-refractivity contribution in [2.24, 2.45) is 5.92 Å². The van der Waals surface area contributed by atoms with Gasteiger partial charge in [0, 0.05) is 37.7 Å². The van der Waals surface area contributed by atoms with Gasteiger partial charge in [-0.3, -0.25) is 9.69 Å². The number of nitrogens with zero attached hydrogens (tertiary/aromatic N) is 2. The number of rotatable bonds is 11. The van der Waals surface area contributed by atoms with Crippen molar-refractivity contribution >= 4 is 21.6 Å². The van der Waals surface area contributed by atoms with Crippen molar-refractivity contribution in [3.05, 3.63) is 45.8 Å². The van der Waals surface area contributed by atoms with Gasteiger partial charge in [0.05, 0.1) is 25.1 Å². The Balaban J connectivity index is 1.87. The van der Waals surface area contributed by atoms with E-state index in [1.54, 1.807) is 14.2 Å². The van der Waals surface area contributed by atoms with Gasteiger partial charge in [-0.1, -0.05) is 26.0 Å². The number of ether oxygens (including phenoxy) is 2. The van der Waals surface area contributed by atoms with Gasteiger partial charge >= 0.3 is 0 Å². The van der Waals surface area contributed by atoms with Crippen molar-refractivity contribution in [1.29, 1.82) is 0 Å². The third kappa shape index (κ3) is 5.92. The van der Waals surface area contributed by atoms with Crippen LogP contribution in [0.25, 0.3) is 21.3 Å². The first-order chi connectivity index (χ1) is 14.9. The molecule has 1 unspecified atom stereocenters. The molecule has 0 spiro atoms. The number of aliphatic hydroxyl groups excluding tert-OH is 1. The van der Waals surface area contributed by atoms with Crippen LogP contribution < -0.4 is 10.3 Å². The molecule has 0 bridgehead atoms. The van der Waals surface area contributed by atoms with Gasteiger partial charge in [-0.2, -0.15) is 0 Å². The Morgan fingerprint density at radius 2 is 2.10 bits per heavy atom. The van der Waals surface area contributed by atoms with E-state index in [-0.39, 0.29) is 11.5 Å². The number of H-pyrrole nitrogens is 1. The number of thiophene rings is 1. The molecule has 1 atom stereocenters. The summed E-state index contributed by atoms with van der Waals surface area (Å²) in [4.78, 5) is 23.5. The second-order valence-corrected chi connectivity index (χ2v) is 8.83. The molecule has 0 saturated carbocycles. The molecule has 0 aliphatic rings. The van der Waals surface area contributed by atoms with Crippen LogP contribution in [0.3, 0.4) is 0 Å². The second kappa shape index (κ2) is 10.9. The van der Waals surface area contributed by atoms with E-state index in [2.05, 4.69) is 9.88 Å². The third-order valence-corrected chi connectivity index (χ3v) is 6.16. The summed E-state index contributed by atoms with van der Waals surface area (Å²) in [6.07, 6.45) is 0.395. The molecule has 8 heteroatoms.